The lowest BCUT2D eigenvalue weighted by atomic mass is 9.55. The fourth-order valence-corrected chi connectivity index (χ4v) is 3.58. The maximum atomic E-state index is 6.19. The Kier molecular flexibility index (Phi) is 3.88. The number of nitrogens with two attached hydrogens (primary N) is 1. The highest BCUT2D eigenvalue weighted by Crippen LogP contribution is 2.56. The van der Waals surface area contributed by atoms with E-state index in [0.717, 1.165) is 32.6 Å². The molecule has 0 aromatic rings. The molecule has 2 aliphatic rings. The van der Waals surface area contributed by atoms with E-state index < -0.39 is 0 Å². The zero-order valence-corrected chi connectivity index (χ0v) is 10.5. The van der Waals surface area contributed by atoms with E-state index in [9.17, 15) is 0 Å². The molecule has 1 unspecified atom stereocenters. The first-order valence-corrected chi connectivity index (χ1v) is 6.62. The molecule has 1 aliphatic heterocycles. The Labute approximate surface area is 98.7 Å². The molecule has 3 nitrogen and oxygen atoms in total. The smallest absolute Gasteiger partial charge is 0.0970 e. The first-order chi connectivity index (χ1) is 7.79. The number of hydrogen-bond donors (Lipinski definition) is 1. The van der Waals surface area contributed by atoms with Crippen molar-refractivity contribution in [3.63, 3.8) is 0 Å². The molecule has 1 heterocycles. The van der Waals surface area contributed by atoms with E-state index in [0.29, 0.717) is 5.41 Å². The van der Waals surface area contributed by atoms with Crippen LogP contribution in [0.4, 0.5) is 0 Å². The molecule has 1 atom stereocenters. The van der Waals surface area contributed by atoms with Gasteiger partial charge in [-0.3, -0.25) is 0 Å². The van der Waals surface area contributed by atoms with Crippen molar-refractivity contribution in [2.75, 3.05) is 26.9 Å². The van der Waals surface area contributed by atoms with Crippen LogP contribution in [0.25, 0.3) is 0 Å². The Hall–Kier alpha value is -0.120. The summed E-state index contributed by atoms with van der Waals surface area (Å²) in [4.78, 5) is 0. The maximum Gasteiger partial charge on any atom is 0.0970 e. The summed E-state index contributed by atoms with van der Waals surface area (Å²) in [5.74, 6) is 0. The third kappa shape index (κ3) is 1.89. The predicted octanol–water partition coefficient (Wildman–Crippen LogP) is 2.09. The minimum atomic E-state index is -0.0301. The van der Waals surface area contributed by atoms with E-state index in [2.05, 4.69) is 0 Å². The third-order valence-corrected chi connectivity index (χ3v) is 4.63. The molecule has 0 bridgehead atoms. The summed E-state index contributed by atoms with van der Waals surface area (Å²) >= 11 is 0. The fourth-order valence-electron chi connectivity index (χ4n) is 3.58. The molecular weight excluding hydrogens is 202 g/mol. The fraction of sp³-hybridized carbons (Fsp3) is 1.00. The number of rotatable bonds is 5. The van der Waals surface area contributed by atoms with Crippen LogP contribution in [0, 0.1) is 5.41 Å². The highest BCUT2D eigenvalue weighted by molar-refractivity contribution is 5.06. The summed E-state index contributed by atoms with van der Waals surface area (Å²) in [6.45, 7) is 2.41. The summed E-state index contributed by atoms with van der Waals surface area (Å²) < 4.78 is 11.6. The number of ether oxygens (including phenoxy) is 2. The van der Waals surface area contributed by atoms with Crippen LogP contribution in [0.3, 0.4) is 0 Å². The normalized spacial score (nSPS) is 33.4. The van der Waals surface area contributed by atoms with Gasteiger partial charge in [-0.1, -0.05) is 6.42 Å². The van der Waals surface area contributed by atoms with E-state index in [1.165, 1.54) is 32.1 Å². The van der Waals surface area contributed by atoms with Gasteiger partial charge in [-0.25, -0.2) is 0 Å². The Morgan fingerprint density at radius 3 is 2.44 bits per heavy atom. The van der Waals surface area contributed by atoms with Crippen LogP contribution in [0.1, 0.15) is 44.9 Å². The van der Waals surface area contributed by atoms with Gasteiger partial charge >= 0.3 is 0 Å². The van der Waals surface area contributed by atoms with Crippen LogP contribution >= 0.6 is 0 Å². The monoisotopic (exact) mass is 227 g/mol. The van der Waals surface area contributed by atoms with Crippen molar-refractivity contribution in [1.82, 2.24) is 0 Å². The van der Waals surface area contributed by atoms with Gasteiger partial charge in [-0.15, -0.1) is 0 Å². The molecule has 2 rings (SSSR count). The first kappa shape index (κ1) is 12.3. The summed E-state index contributed by atoms with van der Waals surface area (Å²) in [7, 11) is 1.79. The van der Waals surface area contributed by atoms with Gasteiger partial charge < -0.3 is 15.2 Å². The van der Waals surface area contributed by atoms with Crippen molar-refractivity contribution in [2.24, 2.45) is 11.1 Å². The van der Waals surface area contributed by atoms with Crippen LogP contribution in [0.15, 0.2) is 0 Å². The molecule has 0 aromatic heterocycles. The summed E-state index contributed by atoms with van der Waals surface area (Å²) in [5, 5.41) is 0. The molecule has 1 saturated carbocycles. The lowest BCUT2D eigenvalue weighted by molar-refractivity contribution is -0.214. The Morgan fingerprint density at radius 2 is 2.00 bits per heavy atom. The number of methoxy groups -OCH3 is 1. The lowest BCUT2D eigenvalue weighted by Crippen LogP contribution is -2.59. The van der Waals surface area contributed by atoms with E-state index in [4.69, 9.17) is 15.2 Å². The highest BCUT2D eigenvalue weighted by atomic mass is 16.5. The van der Waals surface area contributed by atoms with Gasteiger partial charge in [-0.2, -0.15) is 0 Å². The molecule has 0 aromatic carbocycles. The van der Waals surface area contributed by atoms with Gasteiger partial charge in [0.05, 0.1) is 12.2 Å². The summed E-state index contributed by atoms with van der Waals surface area (Å²) in [6, 6.07) is 0. The quantitative estimate of drug-likeness (QED) is 0.782. The van der Waals surface area contributed by atoms with Crippen molar-refractivity contribution < 1.29 is 9.47 Å². The summed E-state index contributed by atoms with van der Waals surface area (Å²) in [6.07, 6.45) is 8.59. The second kappa shape index (κ2) is 5.03. The molecule has 0 amide bonds. The minimum absolute atomic E-state index is 0.0301. The molecule has 0 radical (unpaired) electrons. The van der Waals surface area contributed by atoms with Gasteiger partial charge in [0, 0.05) is 19.1 Å². The Morgan fingerprint density at radius 1 is 1.19 bits per heavy atom. The van der Waals surface area contributed by atoms with E-state index in [1.807, 2.05) is 0 Å². The Bertz CT molecular complexity index is 214. The zero-order chi connectivity index (χ0) is 11.5. The molecule has 2 N–H and O–H groups in total. The second-order valence-electron chi connectivity index (χ2n) is 5.41. The van der Waals surface area contributed by atoms with Crippen LogP contribution < -0.4 is 5.73 Å². The van der Waals surface area contributed by atoms with Gasteiger partial charge in [-0.05, 0) is 45.1 Å². The lowest BCUT2D eigenvalue weighted by Gasteiger charge is -2.57. The first-order valence-electron chi connectivity index (χ1n) is 6.62. The van der Waals surface area contributed by atoms with Gasteiger partial charge in [0.15, 0.2) is 0 Å². The van der Waals surface area contributed by atoms with E-state index >= 15 is 0 Å². The average molecular weight is 227 g/mol. The van der Waals surface area contributed by atoms with Crippen LogP contribution in [0.2, 0.25) is 0 Å². The zero-order valence-electron chi connectivity index (χ0n) is 10.5. The molecule has 3 heteroatoms. The SMILES string of the molecule is COCC1(C2(CCN)CCC2)CCCCO1. The van der Waals surface area contributed by atoms with Crippen molar-refractivity contribution in [3.8, 4) is 0 Å². The topological polar surface area (TPSA) is 44.5 Å². The molecule has 0 spiro atoms. The van der Waals surface area contributed by atoms with Gasteiger partial charge in [0.2, 0.25) is 0 Å². The molecule has 1 aliphatic carbocycles. The molecule has 94 valence electrons. The van der Waals surface area contributed by atoms with Crippen molar-refractivity contribution >= 4 is 0 Å². The second-order valence-corrected chi connectivity index (χ2v) is 5.41. The van der Waals surface area contributed by atoms with E-state index in [-0.39, 0.29) is 5.60 Å². The van der Waals surface area contributed by atoms with Crippen molar-refractivity contribution in [3.05, 3.63) is 0 Å². The summed E-state index contributed by atoms with van der Waals surface area (Å²) in [5.41, 5.74) is 6.08. The molecule has 1 saturated heterocycles. The highest BCUT2D eigenvalue weighted by Gasteiger charge is 2.55. The largest absolute Gasteiger partial charge is 0.382 e. The Balaban J connectivity index is 2.15. The van der Waals surface area contributed by atoms with Crippen molar-refractivity contribution in [2.45, 2.75) is 50.5 Å². The van der Waals surface area contributed by atoms with Crippen molar-refractivity contribution in [1.29, 1.82) is 0 Å². The third-order valence-electron chi connectivity index (χ3n) is 4.63. The van der Waals surface area contributed by atoms with Gasteiger partial charge in [0.25, 0.3) is 0 Å². The molecule has 16 heavy (non-hydrogen) atoms. The minimum Gasteiger partial charge on any atom is -0.382 e. The maximum absolute atomic E-state index is 6.19. The van der Waals surface area contributed by atoms with Crippen LogP contribution in [-0.2, 0) is 9.47 Å². The molecular formula is C13H25NO2. The standard InChI is InChI=1S/C13H25NO2/c1-15-11-13(7-2-3-10-16-13)12(8-9-14)5-4-6-12/h2-11,14H2,1H3. The van der Waals surface area contributed by atoms with E-state index in [1.54, 1.807) is 7.11 Å². The molecule has 2 fully saturated rings. The van der Waals surface area contributed by atoms with Crippen LogP contribution in [0.5, 0.6) is 0 Å². The number of hydrogen-bond acceptors (Lipinski definition) is 3. The van der Waals surface area contributed by atoms with Gasteiger partial charge in [0.1, 0.15) is 0 Å². The average Bonchev–Trinajstić information content (AvgIpc) is 2.25. The predicted molar refractivity (Wildman–Crippen MR) is 64.4 cm³/mol. The van der Waals surface area contributed by atoms with Crippen LogP contribution in [-0.4, -0.2) is 32.5 Å².